The number of fused-ring (bicyclic) bond motifs is 1. The van der Waals surface area contributed by atoms with Gasteiger partial charge in [-0.15, -0.1) is 0 Å². The minimum absolute atomic E-state index is 0.0227. The molecule has 1 aliphatic rings. The Balaban J connectivity index is 1.53. The first kappa shape index (κ1) is 21.3. The molecule has 1 saturated heterocycles. The maximum Gasteiger partial charge on any atom is 0.420 e. The lowest BCUT2D eigenvalue weighted by molar-refractivity contribution is 0.0697. The first-order valence-electron chi connectivity index (χ1n) is 9.88. The molecule has 0 N–H and O–H groups in total. The Kier molecular flexibility index (Phi) is 5.44. The zero-order valence-corrected chi connectivity index (χ0v) is 17.9. The SMILES string of the molecule is CC(C)n1c(=O)oc2cc(S(=O)(=O)N3CCN(C(=O)c4cccc(F)c4)CC3)ccc21. The highest BCUT2D eigenvalue weighted by molar-refractivity contribution is 7.89. The van der Waals surface area contributed by atoms with Gasteiger partial charge in [-0.2, -0.15) is 4.31 Å². The molecule has 0 bridgehead atoms. The third-order valence-electron chi connectivity index (χ3n) is 5.34. The quantitative estimate of drug-likeness (QED) is 0.613. The molecule has 1 amide bonds. The number of nitrogens with zero attached hydrogens (tertiary/aromatic N) is 3. The first-order valence-corrected chi connectivity index (χ1v) is 11.3. The Bertz CT molecular complexity index is 1300. The first-order chi connectivity index (χ1) is 14.7. The zero-order chi connectivity index (χ0) is 22.3. The second-order valence-corrected chi connectivity index (χ2v) is 9.61. The molecule has 0 aliphatic carbocycles. The van der Waals surface area contributed by atoms with E-state index in [2.05, 4.69) is 0 Å². The minimum Gasteiger partial charge on any atom is -0.408 e. The van der Waals surface area contributed by atoms with Crippen molar-refractivity contribution in [3.63, 3.8) is 0 Å². The number of hydrogen-bond acceptors (Lipinski definition) is 5. The number of amides is 1. The van der Waals surface area contributed by atoms with Crippen LogP contribution in [-0.4, -0.2) is 54.3 Å². The van der Waals surface area contributed by atoms with Crippen LogP contribution in [0, 0.1) is 5.82 Å². The van der Waals surface area contributed by atoms with Crippen molar-refractivity contribution in [2.45, 2.75) is 24.8 Å². The summed E-state index contributed by atoms with van der Waals surface area (Å²) in [4.78, 5) is 26.1. The number of carbonyl (C=O) groups is 1. The average molecular weight is 447 g/mol. The molecule has 0 unspecified atom stereocenters. The molecule has 4 rings (SSSR count). The highest BCUT2D eigenvalue weighted by atomic mass is 32.2. The fourth-order valence-electron chi connectivity index (χ4n) is 3.75. The standard InChI is InChI=1S/C21H22FN3O5S/c1-14(2)25-18-7-6-17(13-19(18)30-21(25)27)31(28,29)24-10-8-23(9-11-24)20(26)15-4-3-5-16(22)12-15/h3-7,12-14H,8-11H2,1-2H3. The number of carbonyl (C=O) groups excluding carboxylic acids is 1. The summed E-state index contributed by atoms with van der Waals surface area (Å²) in [5.74, 6) is -1.38. The van der Waals surface area contributed by atoms with E-state index in [0.29, 0.717) is 5.52 Å². The largest absolute Gasteiger partial charge is 0.420 e. The fraction of sp³-hybridized carbons (Fsp3) is 0.333. The van der Waals surface area contributed by atoms with Crippen molar-refractivity contribution in [2.24, 2.45) is 0 Å². The molecule has 8 nitrogen and oxygen atoms in total. The average Bonchev–Trinajstić information content (AvgIpc) is 3.08. The number of halogens is 1. The highest BCUT2D eigenvalue weighted by Crippen LogP contribution is 2.24. The van der Waals surface area contributed by atoms with Crippen molar-refractivity contribution in [1.82, 2.24) is 13.8 Å². The predicted octanol–water partition coefficient (Wildman–Crippen LogP) is 2.46. The smallest absolute Gasteiger partial charge is 0.408 e. The Hall–Kier alpha value is -2.98. The van der Waals surface area contributed by atoms with Crippen LogP contribution < -0.4 is 5.76 Å². The summed E-state index contributed by atoms with van der Waals surface area (Å²) in [7, 11) is -3.83. The Labute approximate surface area is 178 Å². The van der Waals surface area contributed by atoms with Crippen molar-refractivity contribution < 1.29 is 22.0 Å². The lowest BCUT2D eigenvalue weighted by Gasteiger charge is -2.34. The van der Waals surface area contributed by atoms with Gasteiger partial charge in [0.15, 0.2) is 5.58 Å². The Morgan fingerprint density at radius 1 is 1.06 bits per heavy atom. The molecule has 2 aromatic carbocycles. The molecule has 2 heterocycles. The molecule has 0 radical (unpaired) electrons. The van der Waals surface area contributed by atoms with E-state index in [0.717, 1.165) is 6.07 Å². The Morgan fingerprint density at radius 3 is 2.42 bits per heavy atom. The molecule has 164 valence electrons. The molecule has 0 spiro atoms. The lowest BCUT2D eigenvalue weighted by atomic mass is 10.2. The van der Waals surface area contributed by atoms with Crippen molar-refractivity contribution in [3.05, 3.63) is 64.4 Å². The maximum absolute atomic E-state index is 13.4. The van der Waals surface area contributed by atoms with Gasteiger partial charge in [0.05, 0.1) is 10.4 Å². The van der Waals surface area contributed by atoms with Crippen molar-refractivity contribution in [3.8, 4) is 0 Å². The summed E-state index contributed by atoms with van der Waals surface area (Å²) in [5, 5.41) is 0. The summed E-state index contributed by atoms with van der Waals surface area (Å²) < 4.78 is 47.6. The number of piperazine rings is 1. The molecule has 1 aromatic heterocycles. The fourth-order valence-corrected chi connectivity index (χ4v) is 5.19. The van der Waals surface area contributed by atoms with Gasteiger partial charge in [0.1, 0.15) is 5.82 Å². The number of benzene rings is 2. The summed E-state index contributed by atoms with van der Waals surface area (Å²) in [6, 6.07) is 9.67. The second-order valence-electron chi connectivity index (χ2n) is 7.67. The number of sulfonamides is 1. The summed E-state index contributed by atoms with van der Waals surface area (Å²) in [6.07, 6.45) is 0. The highest BCUT2D eigenvalue weighted by Gasteiger charge is 2.31. The minimum atomic E-state index is -3.83. The third-order valence-corrected chi connectivity index (χ3v) is 7.23. The van der Waals surface area contributed by atoms with Crippen LogP contribution in [0.3, 0.4) is 0 Å². The van der Waals surface area contributed by atoms with E-state index >= 15 is 0 Å². The number of oxazole rings is 1. The van der Waals surface area contributed by atoms with E-state index in [1.807, 2.05) is 13.8 Å². The van der Waals surface area contributed by atoms with Crippen LogP contribution >= 0.6 is 0 Å². The van der Waals surface area contributed by atoms with Gasteiger partial charge in [0.2, 0.25) is 10.0 Å². The van der Waals surface area contributed by atoms with E-state index in [1.165, 1.54) is 44.1 Å². The monoisotopic (exact) mass is 447 g/mol. The lowest BCUT2D eigenvalue weighted by Crippen LogP contribution is -2.50. The van der Waals surface area contributed by atoms with Crippen molar-refractivity contribution in [1.29, 1.82) is 0 Å². The number of aromatic nitrogens is 1. The van der Waals surface area contributed by atoms with Gasteiger partial charge in [-0.1, -0.05) is 6.07 Å². The topological polar surface area (TPSA) is 92.8 Å². The Morgan fingerprint density at radius 2 is 1.77 bits per heavy atom. The molecular weight excluding hydrogens is 425 g/mol. The second kappa shape index (κ2) is 7.93. The van der Waals surface area contributed by atoms with Crippen LogP contribution in [0.2, 0.25) is 0 Å². The van der Waals surface area contributed by atoms with Gasteiger partial charge < -0.3 is 9.32 Å². The summed E-state index contributed by atoms with van der Waals surface area (Å²) in [6.45, 7) is 4.28. The van der Waals surface area contributed by atoms with E-state index < -0.39 is 21.6 Å². The zero-order valence-electron chi connectivity index (χ0n) is 17.1. The van der Waals surface area contributed by atoms with E-state index in [4.69, 9.17) is 4.42 Å². The van der Waals surface area contributed by atoms with Crippen LogP contribution in [0.4, 0.5) is 4.39 Å². The summed E-state index contributed by atoms with van der Waals surface area (Å²) >= 11 is 0. The van der Waals surface area contributed by atoms with Crippen LogP contribution in [0.1, 0.15) is 30.2 Å². The van der Waals surface area contributed by atoms with Gasteiger partial charge in [-0.3, -0.25) is 9.36 Å². The van der Waals surface area contributed by atoms with E-state index in [9.17, 15) is 22.4 Å². The molecule has 10 heteroatoms. The van der Waals surface area contributed by atoms with Crippen molar-refractivity contribution >= 4 is 27.0 Å². The number of hydrogen-bond donors (Lipinski definition) is 0. The van der Waals surface area contributed by atoms with E-state index in [1.54, 1.807) is 6.07 Å². The molecule has 1 aliphatic heterocycles. The van der Waals surface area contributed by atoms with Gasteiger partial charge in [0, 0.05) is 43.9 Å². The molecule has 3 aromatic rings. The number of rotatable bonds is 4. The maximum atomic E-state index is 13.4. The third kappa shape index (κ3) is 3.88. The molecule has 0 saturated carbocycles. The normalized spacial score (nSPS) is 15.7. The van der Waals surface area contributed by atoms with Crippen LogP contribution in [0.25, 0.3) is 11.1 Å². The molecule has 31 heavy (non-hydrogen) atoms. The molecule has 0 atom stereocenters. The van der Waals surface area contributed by atoms with Gasteiger partial charge in [-0.05, 0) is 44.2 Å². The van der Waals surface area contributed by atoms with Gasteiger partial charge in [-0.25, -0.2) is 17.6 Å². The van der Waals surface area contributed by atoms with Crippen molar-refractivity contribution in [2.75, 3.05) is 26.2 Å². The van der Waals surface area contributed by atoms with Crippen LogP contribution in [0.5, 0.6) is 0 Å². The molecular formula is C21H22FN3O5S. The molecule has 1 fully saturated rings. The van der Waals surface area contributed by atoms with Gasteiger partial charge >= 0.3 is 5.76 Å². The van der Waals surface area contributed by atoms with Crippen LogP contribution in [0.15, 0.2) is 56.6 Å². The predicted molar refractivity (Wildman–Crippen MR) is 112 cm³/mol. The van der Waals surface area contributed by atoms with Crippen LogP contribution in [-0.2, 0) is 10.0 Å². The summed E-state index contributed by atoms with van der Waals surface area (Å²) in [5.41, 5.74) is 0.968. The van der Waals surface area contributed by atoms with E-state index in [-0.39, 0.29) is 54.2 Å². The van der Waals surface area contributed by atoms with Gasteiger partial charge in [0.25, 0.3) is 5.91 Å².